The van der Waals surface area contributed by atoms with E-state index in [1.54, 1.807) is 13.0 Å². The third-order valence-electron chi connectivity index (χ3n) is 6.03. The Balaban J connectivity index is 2.33. The van der Waals surface area contributed by atoms with Crippen LogP contribution in [-0.4, -0.2) is 10.1 Å². The lowest BCUT2D eigenvalue weighted by Crippen LogP contribution is -2.13. The molecule has 1 heterocycles. The van der Waals surface area contributed by atoms with Crippen LogP contribution in [0.25, 0.3) is 17.2 Å². The number of rotatable bonds is 10. The molecule has 1 atom stereocenters. The van der Waals surface area contributed by atoms with Gasteiger partial charge in [0.2, 0.25) is 0 Å². The molecule has 3 rings (SSSR count). The van der Waals surface area contributed by atoms with E-state index in [-0.39, 0.29) is 17.7 Å². The Labute approximate surface area is 209 Å². The molecule has 0 saturated carbocycles. The van der Waals surface area contributed by atoms with E-state index in [9.17, 15) is 9.50 Å². The third kappa shape index (κ3) is 6.37. The molecule has 1 N–H and O–H groups in total. The first kappa shape index (κ1) is 26.6. The predicted octanol–water partition coefficient (Wildman–Crippen LogP) is 8.58. The topological polar surface area (TPSA) is 42.4 Å². The number of ether oxygens (including phenoxy) is 1. The van der Waals surface area contributed by atoms with Crippen molar-refractivity contribution in [3.05, 3.63) is 88.5 Å². The minimum Gasteiger partial charge on any atom is -0.488 e. The van der Waals surface area contributed by atoms with Crippen LogP contribution in [0.15, 0.2) is 54.6 Å². The fourth-order valence-corrected chi connectivity index (χ4v) is 4.34. The van der Waals surface area contributed by atoms with Gasteiger partial charge in [-0.25, -0.2) is 4.39 Å². The number of unbranched alkanes of at least 4 members (excludes halogenated alkanes) is 1. The normalized spacial score (nSPS) is 12.6. The summed E-state index contributed by atoms with van der Waals surface area (Å²) >= 11 is 0. The van der Waals surface area contributed by atoms with E-state index in [1.165, 1.54) is 12.1 Å². The van der Waals surface area contributed by atoms with Gasteiger partial charge in [-0.3, -0.25) is 4.98 Å². The number of hydrogen-bond acceptors (Lipinski definition) is 3. The molecule has 0 amide bonds. The van der Waals surface area contributed by atoms with Gasteiger partial charge >= 0.3 is 0 Å². The summed E-state index contributed by atoms with van der Waals surface area (Å²) in [5, 5.41) is 11.0. The lowest BCUT2D eigenvalue weighted by Gasteiger charge is -2.26. The highest BCUT2D eigenvalue weighted by Gasteiger charge is 2.27. The minimum atomic E-state index is -0.749. The number of hydrogen-bond donors (Lipinski definition) is 1. The molecule has 1 aromatic heterocycles. The molecule has 2 aromatic carbocycles. The van der Waals surface area contributed by atoms with Crippen LogP contribution in [0.5, 0.6) is 5.75 Å². The number of aliphatic hydroxyl groups excluding tert-OH is 1. The van der Waals surface area contributed by atoms with Crippen molar-refractivity contribution in [1.82, 2.24) is 4.98 Å². The Morgan fingerprint density at radius 3 is 2.26 bits per heavy atom. The molecule has 0 radical (unpaired) electrons. The Morgan fingerprint density at radius 1 is 0.971 bits per heavy atom. The average molecular weight is 476 g/mol. The molecule has 35 heavy (non-hydrogen) atoms. The lowest BCUT2D eigenvalue weighted by molar-refractivity contribution is 0.197. The Kier molecular flexibility index (Phi) is 9.22. The fourth-order valence-electron chi connectivity index (χ4n) is 4.34. The van der Waals surface area contributed by atoms with Crippen LogP contribution in [0.3, 0.4) is 0 Å². The van der Waals surface area contributed by atoms with E-state index in [0.29, 0.717) is 12.4 Å². The van der Waals surface area contributed by atoms with Gasteiger partial charge in [-0.2, -0.15) is 0 Å². The standard InChI is InChI=1S/C31H38FNO2/c1-7-8-10-15-26-29(28(22(6)34)31(21(4)5)33-30(26)20(2)3)25-17-16-24(32)18-27(25)35-19-23-13-11-9-12-14-23/h9-18,20-22,34H,7-8,19H2,1-6H3/b15-10+/t22-/m0/s1. The van der Waals surface area contributed by atoms with E-state index >= 15 is 0 Å². The van der Waals surface area contributed by atoms with Crippen molar-refractivity contribution >= 4 is 6.08 Å². The molecule has 0 bridgehead atoms. The maximum Gasteiger partial charge on any atom is 0.130 e. The number of aromatic nitrogens is 1. The Morgan fingerprint density at radius 2 is 1.66 bits per heavy atom. The molecule has 186 valence electrons. The monoisotopic (exact) mass is 475 g/mol. The van der Waals surface area contributed by atoms with Crippen molar-refractivity contribution in [2.24, 2.45) is 0 Å². The number of nitrogens with zero attached hydrogens (tertiary/aromatic N) is 1. The van der Waals surface area contributed by atoms with Crippen LogP contribution in [0.2, 0.25) is 0 Å². The molecule has 0 saturated heterocycles. The average Bonchev–Trinajstić information content (AvgIpc) is 2.82. The van der Waals surface area contributed by atoms with Crippen LogP contribution < -0.4 is 4.74 Å². The molecule has 0 aliphatic heterocycles. The molecule has 0 spiro atoms. The van der Waals surface area contributed by atoms with E-state index in [1.807, 2.05) is 30.3 Å². The second kappa shape index (κ2) is 12.1. The van der Waals surface area contributed by atoms with Crippen molar-refractivity contribution in [3.8, 4) is 16.9 Å². The molecular weight excluding hydrogens is 437 g/mol. The van der Waals surface area contributed by atoms with Crippen LogP contribution >= 0.6 is 0 Å². The summed E-state index contributed by atoms with van der Waals surface area (Å²) in [7, 11) is 0. The van der Waals surface area contributed by atoms with Crippen molar-refractivity contribution in [2.45, 2.75) is 78.9 Å². The van der Waals surface area contributed by atoms with E-state index in [4.69, 9.17) is 9.72 Å². The number of aliphatic hydroxyl groups is 1. The highest BCUT2D eigenvalue weighted by Crippen LogP contribution is 2.43. The van der Waals surface area contributed by atoms with Crippen molar-refractivity contribution < 1.29 is 14.2 Å². The number of halogens is 1. The Bertz CT molecular complexity index is 1150. The molecule has 0 unspecified atom stereocenters. The van der Waals surface area contributed by atoms with Crippen LogP contribution in [0.1, 0.15) is 100 Å². The SMILES string of the molecule is CCC/C=C/c1c(C(C)C)nc(C(C)C)c([C@H](C)O)c1-c1ccc(F)cc1OCc1ccccc1. The first-order valence-electron chi connectivity index (χ1n) is 12.6. The van der Waals surface area contributed by atoms with Crippen molar-refractivity contribution in [2.75, 3.05) is 0 Å². The quantitative estimate of drug-likeness (QED) is 0.319. The molecule has 3 nitrogen and oxygen atoms in total. The molecular formula is C31H38FNO2. The van der Waals surface area contributed by atoms with Gasteiger partial charge in [0, 0.05) is 34.0 Å². The summed E-state index contributed by atoms with van der Waals surface area (Å²) in [5.41, 5.74) is 6.21. The van der Waals surface area contributed by atoms with Gasteiger partial charge in [-0.15, -0.1) is 0 Å². The summed E-state index contributed by atoms with van der Waals surface area (Å²) in [5.74, 6) is 0.376. The number of allylic oxidation sites excluding steroid dienone is 1. The van der Waals surface area contributed by atoms with Gasteiger partial charge in [-0.05, 0) is 42.9 Å². The molecule has 0 aliphatic carbocycles. The third-order valence-corrected chi connectivity index (χ3v) is 6.03. The van der Waals surface area contributed by atoms with Gasteiger partial charge in [0.1, 0.15) is 18.2 Å². The zero-order valence-corrected chi connectivity index (χ0v) is 21.8. The second-order valence-corrected chi connectivity index (χ2v) is 9.68. The Hall–Kier alpha value is -2.98. The van der Waals surface area contributed by atoms with E-state index in [0.717, 1.165) is 52.0 Å². The largest absolute Gasteiger partial charge is 0.488 e. The highest BCUT2D eigenvalue weighted by atomic mass is 19.1. The first-order chi connectivity index (χ1) is 16.7. The fraction of sp³-hybridized carbons (Fsp3) is 0.387. The van der Waals surface area contributed by atoms with Gasteiger partial charge in [0.25, 0.3) is 0 Å². The zero-order valence-electron chi connectivity index (χ0n) is 21.8. The summed E-state index contributed by atoms with van der Waals surface area (Å²) in [6, 6.07) is 14.5. The smallest absolute Gasteiger partial charge is 0.130 e. The molecule has 3 aromatic rings. The summed E-state index contributed by atoms with van der Waals surface area (Å²) < 4.78 is 20.7. The molecule has 0 aliphatic rings. The van der Waals surface area contributed by atoms with Gasteiger partial charge < -0.3 is 9.84 Å². The highest BCUT2D eigenvalue weighted by molar-refractivity contribution is 5.84. The number of pyridine rings is 1. The van der Waals surface area contributed by atoms with Crippen LogP contribution in [0, 0.1) is 5.82 Å². The second-order valence-electron chi connectivity index (χ2n) is 9.68. The van der Waals surface area contributed by atoms with Gasteiger partial charge in [-0.1, -0.05) is 83.5 Å². The zero-order chi connectivity index (χ0) is 25.5. The summed E-state index contributed by atoms with van der Waals surface area (Å²) in [6.07, 6.45) is 5.49. The summed E-state index contributed by atoms with van der Waals surface area (Å²) in [4.78, 5) is 5.07. The van der Waals surface area contributed by atoms with E-state index in [2.05, 4.69) is 46.8 Å². The van der Waals surface area contributed by atoms with Gasteiger partial charge in [0.15, 0.2) is 0 Å². The summed E-state index contributed by atoms with van der Waals surface area (Å²) in [6.45, 7) is 12.7. The lowest BCUT2D eigenvalue weighted by atomic mass is 9.84. The van der Waals surface area contributed by atoms with Crippen LogP contribution in [-0.2, 0) is 6.61 Å². The minimum absolute atomic E-state index is 0.110. The van der Waals surface area contributed by atoms with Crippen molar-refractivity contribution in [1.29, 1.82) is 0 Å². The molecule has 0 fully saturated rings. The number of benzene rings is 2. The predicted molar refractivity (Wildman–Crippen MR) is 143 cm³/mol. The van der Waals surface area contributed by atoms with Gasteiger partial charge in [0.05, 0.1) is 11.8 Å². The maximum atomic E-state index is 14.5. The van der Waals surface area contributed by atoms with Crippen LogP contribution in [0.4, 0.5) is 4.39 Å². The van der Waals surface area contributed by atoms with Crippen molar-refractivity contribution in [3.63, 3.8) is 0 Å². The first-order valence-corrected chi connectivity index (χ1v) is 12.6. The molecule has 4 heteroatoms. The van der Waals surface area contributed by atoms with E-state index < -0.39 is 6.10 Å². The maximum absolute atomic E-state index is 14.5.